The van der Waals surface area contributed by atoms with Gasteiger partial charge < -0.3 is 11.1 Å². The number of anilines is 1. The van der Waals surface area contributed by atoms with E-state index in [9.17, 15) is 4.79 Å². The lowest BCUT2D eigenvalue weighted by Gasteiger charge is -2.29. The number of carbonyl (C=O) groups is 1. The van der Waals surface area contributed by atoms with Gasteiger partial charge in [0.2, 0.25) is 5.91 Å². The zero-order valence-corrected chi connectivity index (χ0v) is 16.0. The van der Waals surface area contributed by atoms with Crippen LogP contribution in [-0.4, -0.2) is 48.7 Å². The number of allylic oxidation sites excluding steroid dienone is 1. The molecule has 6 heteroatoms. The first kappa shape index (κ1) is 19.0. The molecular weight excluding hydrogens is 338 g/mol. The number of likely N-dealkylation sites (tertiary alicyclic amines) is 1. The number of benzene rings is 1. The molecule has 1 fully saturated rings. The van der Waals surface area contributed by atoms with Crippen molar-refractivity contribution < 1.29 is 4.79 Å². The van der Waals surface area contributed by atoms with Gasteiger partial charge in [0.1, 0.15) is 5.82 Å². The minimum Gasteiger partial charge on any atom is -0.404 e. The second-order valence-electron chi connectivity index (χ2n) is 7.15. The monoisotopic (exact) mass is 365 g/mol. The van der Waals surface area contributed by atoms with Crippen molar-refractivity contribution in [2.75, 3.05) is 32.0 Å². The van der Waals surface area contributed by atoms with Gasteiger partial charge in [0.25, 0.3) is 0 Å². The number of aliphatic imine (C=N–C) groups is 1. The number of hydrogen-bond acceptors (Lipinski definition) is 5. The van der Waals surface area contributed by atoms with Gasteiger partial charge in [-0.05, 0) is 54.9 Å². The van der Waals surface area contributed by atoms with Gasteiger partial charge in [-0.3, -0.25) is 14.7 Å². The number of hydrogen-bond donors (Lipinski definition) is 2. The Bertz CT molecular complexity index is 866. The summed E-state index contributed by atoms with van der Waals surface area (Å²) >= 11 is 0. The number of nitrogens with two attached hydrogens (primary N) is 1. The van der Waals surface area contributed by atoms with E-state index in [2.05, 4.69) is 27.1 Å². The summed E-state index contributed by atoms with van der Waals surface area (Å²) in [6, 6.07) is 7.90. The molecule has 1 aliphatic rings. The third-order valence-corrected chi connectivity index (χ3v) is 5.01. The van der Waals surface area contributed by atoms with Crippen molar-refractivity contribution in [2.45, 2.75) is 19.8 Å². The molecule has 142 valence electrons. The predicted molar refractivity (Wildman–Crippen MR) is 112 cm³/mol. The van der Waals surface area contributed by atoms with Crippen LogP contribution in [0.2, 0.25) is 0 Å². The highest BCUT2D eigenvalue weighted by atomic mass is 16.2. The summed E-state index contributed by atoms with van der Waals surface area (Å²) in [4.78, 5) is 23.0. The van der Waals surface area contributed by atoms with Crippen LogP contribution in [0.1, 0.15) is 25.3 Å². The normalized spacial score (nSPS) is 16.9. The van der Waals surface area contributed by atoms with Crippen molar-refractivity contribution in [2.24, 2.45) is 16.6 Å². The Labute approximate surface area is 160 Å². The van der Waals surface area contributed by atoms with Crippen LogP contribution in [0.15, 0.2) is 41.7 Å². The van der Waals surface area contributed by atoms with E-state index in [4.69, 9.17) is 5.73 Å². The molecule has 0 saturated carbocycles. The van der Waals surface area contributed by atoms with Crippen LogP contribution >= 0.6 is 0 Å². The molecule has 2 heterocycles. The number of fused-ring (bicyclic) bond motifs is 1. The molecule has 0 spiro atoms. The van der Waals surface area contributed by atoms with Gasteiger partial charge in [0.15, 0.2) is 0 Å². The second kappa shape index (κ2) is 8.77. The van der Waals surface area contributed by atoms with Crippen molar-refractivity contribution in [3.63, 3.8) is 0 Å². The standard InChI is InChI=1S/C21H27N5O/c1-15-5-7-26(8-6-15)14-21(27)25-20-10-18-9-16(19(11-22)12-23-2)3-4-17(18)13-24-20/h3-4,9-13,15H,5-8,14,22H2,1-2H3,(H,24,25,27). The molecule has 1 amide bonds. The lowest BCUT2D eigenvalue weighted by Crippen LogP contribution is -2.38. The van der Waals surface area contributed by atoms with E-state index < -0.39 is 0 Å². The van der Waals surface area contributed by atoms with Gasteiger partial charge in [0, 0.05) is 36.6 Å². The maximum Gasteiger partial charge on any atom is 0.239 e. The number of rotatable bonds is 5. The Hall–Kier alpha value is -2.73. The lowest BCUT2D eigenvalue weighted by atomic mass is 9.99. The third kappa shape index (κ3) is 4.92. The van der Waals surface area contributed by atoms with E-state index >= 15 is 0 Å². The van der Waals surface area contributed by atoms with Crippen molar-refractivity contribution in [1.82, 2.24) is 9.88 Å². The Morgan fingerprint density at radius 1 is 1.33 bits per heavy atom. The first-order chi connectivity index (χ1) is 13.1. The summed E-state index contributed by atoms with van der Waals surface area (Å²) in [5, 5.41) is 4.92. The summed E-state index contributed by atoms with van der Waals surface area (Å²) in [6.07, 6.45) is 7.35. The van der Waals surface area contributed by atoms with Crippen LogP contribution in [0.3, 0.4) is 0 Å². The summed E-state index contributed by atoms with van der Waals surface area (Å²) < 4.78 is 0. The number of carbonyl (C=O) groups excluding carboxylic acids is 1. The van der Waals surface area contributed by atoms with Gasteiger partial charge in [-0.1, -0.05) is 19.1 Å². The summed E-state index contributed by atoms with van der Waals surface area (Å²) in [5.74, 6) is 1.30. The minimum atomic E-state index is -0.0202. The number of nitrogens with one attached hydrogen (secondary N) is 1. The van der Waals surface area contributed by atoms with Gasteiger partial charge in [-0.15, -0.1) is 0 Å². The molecule has 3 rings (SSSR count). The molecule has 1 aromatic carbocycles. The first-order valence-corrected chi connectivity index (χ1v) is 9.35. The lowest BCUT2D eigenvalue weighted by molar-refractivity contribution is -0.117. The fraction of sp³-hybridized carbons (Fsp3) is 0.381. The average Bonchev–Trinajstić information content (AvgIpc) is 2.67. The summed E-state index contributed by atoms with van der Waals surface area (Å²) in [6.45, 7) is 4.65. The molecule has 1 aliphatic heterocycles. The first-order valence-electron chi connectivity index (χ1n) is 9.35. The van der Waals surface area contributed by atoms with Crippen molar-refractivity contribution >= 4 is 34.3 Å². The number of pyridine rings is 1. The van der Waals surface area contributed by atoms with E-state index in [1.54, 1.807) is 19.5 Å². The second-order valence-corrected chi connectivity index (χ2v) is 7.15. The molecule has 0 bridgehead atoms. The molecular formula is C21H27N5O. The Morgan fingerprint density at radius 3 is 2.81 bits per heavy atom. The SMILES string of the molecule is CN=CC(=CN)c1ccc2cnc(NC(=O)CN3CCC(C)CC3)cc2c1. The number of aromatic nitrogens is 1. The van der Waals surface area contributed by atoms with Crippen LogP contribution < -0.4 is 11.1 Å². The van der Waals surface area contributed by atoms with Crippen molar-refractivity contribution in [3.8, 4) is 0 Å². The fourth-order valence-electron chi connectivity index (χ4n) is 3.35. The van der Waals surface area contributed by atoms with Crippen LogP contribution in [0.4, 0.5) is 5.82 Å². The Kier molecular flexibility index (Phi) is 6.19. The topological polar surface area (TPSA) is 83.6 Å². The van der Waals surface area contributed by atoms with E-state index in [0.717, 1.165) is 53.8 Å². The van der Waals surface area contributed by atoms with Gasteiger partial charge in [-0.2, -0.15) is 0 Å². The predicted octanol–water partition coefficient (Wildman–Crippen LogP) is 2.91. The van der Waals surface area contributed by atoms with Crippen LogP contribution in [-0.2, 0) is 4.79 Å². The molecule has 3 N–H and O–H groups in total. The maximum absolute atomic E-state index is 12.4. The largest absolute Gasteiger partial charge is 0.404 e. The zero-order chi connectivity index (χ0) is 19.2. The van der Waals surface area contributed by atoms with Crippen molar-refractivity contribution in [1.29, 1.82) is 0 Å². The molecule has 27 heavy (non-hydrogen) atoms. The van der Waals surface area contributed by atoms with Crippen LogP contribution in [0.25, 0.3) is 16.3 Å². The smallest absolute Gasteiger partial charge is 0.239 e. The molecule has 1 saturated heterocycles. The highest BCUT2D eigenvalue weighted by Crippen LogP contribution is 2.22. The molecule has 6 nitrogen and oxygen atoms in total. The highest BCUT2D eigenvalue weighted by Gasteiger charge is 2.18. The summed E-state index contributed by atoms with van der Waals surface area (Å²) in [7, 11) is 1.71. The number of nitrogens with zero attached hydrogens (tertiary/aromatic N) is 3. The minimum absolute atomic E-state index is 0.0202. The number of piperidine rings is 1. The van der Waals surface area contributed by atoms with E-state index in [1.165, 1.54) is 6.20 Å². The van der Waals surface area contributed by atoms with E-state index in [1.807, 2.05) is 24.3 Å². The molecule has 0 atom stereocenters. The average molecular weight is 365 g/mol. The fourth-order valence-corrected chi connectivity index (χ4v) is 3.35. The molecule has 0 aliphatic carbocycles. The zero-order valence-electron chi connectivity index (χ0n) is 16.0. The Balaban J connectivity index is 1.72. The maximum atomic E-state index is 12.4. The molecule has 1 aromatic heterocycles. The quantitative estimate of drug-likeness (QED) is 0.798. The molecule has 0 radical (unpaired) electrons. The third-order valence-electron chi connectivity index (χ3n) is 5.01. The Morgan fingerprint density at radius 2 is 2.11 bits per heavy atom. The molecule has 2 aromatic rings. The van der Waals surface area contributed by atoms with Crippen molar-refractivity contribution in [3.05, 3.63) is 42.2 Å². The van der Waals surface area contributed by atoms with Crippen LogP contribution in [0.5, 0.6) is 0 Å². The summed E-state index contributed by atoms with van der Waals surface area (Å²) in [5.41, 5.74) is 7.52. The van der Waals surface area contributed by atoms with E-state index in [0.29, 0.717) is 12.4 Å². The molecule has 0 unspecified atom stereocenters. The van der Waals surface area contributed by atoms with E-state index in [-0.39, 0.29) is 5.91 Å². The van der Waals surface area contributed by atoms with Gasteiger partial charge >= 0.3 is 0 Å². The van der Waals surface area contributed by atoms with Gasteiger partial charge in [-0.25, -0.2) is 4.98 Å². The number of amides is 1. The van der Waals surface area contributed by atoms with Crippen LogP contribution in [0, 0.1) is 5.92 Å². The van der Waals surface area contributed by atoms with Gasteiger partial charge in [0.05, 0.1) is 6.54 Å². The highest BCUT2D eigenvalue weighted by molar-refractivity contribution is 6.10.